The summed E-state index contributed by atoms with van der Waals surface area (Å²) in [6, 6.07) is 8.89. The minimum absolute atomic E-state index is 0.0214. The van der Waals surface area contributed by atoms with Crippen LogP contribution in [0.15, 0.2) is 30.3 Å². The second-order valence-corrected chi connectivity index (χ2v) is 6.97. The van der Waals surface area contributed by atoms with Crippen LogP contribution in [0.3, 0.4) is 0 Å². The molecular formula is C17H18ClN3O2. The van der Waals surface area contributed by atoms with Gasteiger partial charge in [0.05, 0.1) is 6.61 Å². The smallest absolute Gasteiger partial charge is 0.148 e. The van der Waals surface area contributed by atoms with Crippen molar-refractivity contribution < 1.29 is 10.2 Å². The molecule has 3 rings (SSSR count). The normalized spacial score (nSPS) is 12.0. The van der Waals surface area contributed by atoms with Crippen molar-refractivity contribution in [3.05, 3.63) is 46.5 Å². The van der Waals surface area contributed by atoms with Crippen LogP contribution >= 0.6 is 11.6 Å². The molecule has 6 heteroatoms. The first-order valence-electron chi connectivity index (χ1n) is 7.30. The summed E-state index contributed by atoms with van der Waals surface area (Å²) in [7, 11) is 0. The van der Waals surface area contributed by atoms with E-state index in [0.717, 1.165) is 5.56 Å². The summed E-state index contributed by atoms with van der Waals surface area (Å²) in [5.41, 5.74) is 3.06. The molecule has 0 saturated heterocycles. The predicted octanol–water partition coefficient (Wildman–Crippen LogP) is 3.57. The topological polar surface area (TPSA) is 71.2 Å². The molecule has 2 aromatic carbocycles. The van der Waals surface area contributed by atoms with E-state index in [-0.39, 0.29) is 17.8 Å². The zero-order valence-corrected chi connectivity index (χ0v) is 14.0. The van der Waals surface area contributed by atoms with E-state index in [1.807, 2.05) is 6.07 Å². The molecule has 0 spiro atoms. The standard InChI is InChI=1S/C17H18ClN3O2/c1-17(2,3)11-6-10(9-22)16(23)15(7-11)21-19-13-5-4-12(18)8-14(13)20-21/h4-8,22-23H,9H2,1-3H3. The molecule has 0 fully saturated rings. The minimum Gasteiger partial charge on any atom is -0.505 e. The summed E-state index contributed by atoms with van der Waals surface area (Å²) in [6.45, 7) is 5.95. The second kappa shape index (κ2) is 5.51. The molecule has 23 heavy (non-hydrogen) atoms. The fourth-order valence-corrected chi connectivity index (χ4v) is 2.55. The molecule has 3 aromatic rings. The van der Waals surface area contributed by atoms with Crippen LogP contribution in [-0.4, -0.2) is 25.2 Å². The van der Waals surface area contributed by atoms with Crippen LogP contribution in [0.2, 0.25) is 5.02 Å². The van der Waals surface area contributed by atoms with Gasteiger partial charge in [-0.3, -0.25) is 0 Å². The first-order chi connectivity index (χ1) is 10.8. The average Bonchev–Trinajstić information content (AvgIpc) is 2.88. The van der Waals surface area contributed by atoms with Gasteiger partial charge in [0, 0.05) is 10.6 Å². The maximum absolute atomic E-state index is 10.4. The second-order valence-electron chi connectivity index (χ2n) is 6.53. The van der Waals surface area contributed by atoms with Crippen molar-refractivity contribution >= 4 is 22.6 Å². The molecule has 1 aromatic heterocycles. The monoisotopic (exact) mass is 331 g/mol. The molecule has 0 aliphatic carbocycles. The highest BCUT2D eigenvalue weighted by atomic mass is 35.5. The summed E-state index contributed by atoms with van der Waals surface area (Å²) < 4.78 is 0. The van der Waals surface area contributed by atoms with Crippen LogP contribution in [-0.2, 0) is 12.0 Å². The fraction of sp³-hybridized carbons (Fsp3) is 0.294. The van der Waals surface area contributed by atoms with Crippen molar-refractivity contribution in [2.75, 3.05) is 0 Å². The van der Waals surface area contributed by atoms with E-state index in [9.17, 15) is 10.2 Å². The van der Waals surface area contributed by atoms with Crippen LogP contribution in [0.25, 0.3) is 16.7 Å². The number of aromatic nitrogens is 3. The predicted molar refractivity (Wildman–Crippen MR) is 90.2 cm³/mol. The largest absolute Gasteiger partial charge is 0.505 e. The lowest BCUT2D eigenvalue weighted by Crippen LogP contribution is -2.13. The number of aliphatic hydroxyl groups is 1. The molecule has 0 aliphatic rings. The number of phenols is 1. The van der Waals surface area contributed by atoms with E-state index in [1.165, 1.54) is 4.80 Å². The van der Waals surface area contributed by atoms with E-state index in [4.69, 9.17) is 11.6 Å². The Bertz CT molecular complexity index is 881. The van der Waals surface area contributed by atoms with Crippen LogP contribution in [0, 0.1) is 0 Å². The molecule has 2 N–H and O–H groups in total. The number of nitrogens with zero attached hydrogens (tertiary/aromatic N) is 3. The summed E-state index contributed by atoms with van der Waals surface area (Å²) in [6.07, 6.45) is 0. The van der Waals surface area contributed by atoms with Gasteiger partial charge in [0.25, 0.3) is 0 Å². The van der Waals surface area contributed by atoms with Gasteiger partial charge in [0.2, 0.25) is 0 Å². The Morgan fingerprint density at radius 1 is 1.09 bits per heavy atom. The quantitative estimate of drug-likeness (QED) is 0.753. The van der Waals surface area contributed by atoms with Gasteiger partial charge in [-0.25, -0.2) is 0 Å². The number of aliphatic hydroxyl groups excluding tert-OH is 1. The Labute approximate surface area is 139 Å². The molecule has 1 heterocycles. The SMILES string of the molecule is CC(C)(C)c1cc(CO)c(O)c(-n2nc3ccc(Cl)cc3n2)c1. The molecule has 0 atom stereocenters. The molecule has 0 bridgehead atoms. The molecule has 0 saturated carbocycles. The van der Waals surface area contributed by atoms with Crippen molar-refractivity contribution in [3.8, 4) is 11.4 Å². The van der Waals surface area contributed by atoms with Crippen LogP contribution in [0.4, 0.5) is 0 Å². The summed E-state index contributed by atoms with van der Waals surface area (Å²) in [4.78, 5) is 1.38. The van der Waals surface area contributed by atoms with Gasteiger partial charge in [-0.05, 0) is 41.3 Å². The number of halogens is 1. The van der Waals surface area contributed by atoms with E-state index in [2.05, 4.69) is 31.0 Å². The van der Waals surface area contributed by atoms with Gasteiger partial charge in [-0.2, -0.15) is 0 Å². The Kier molecular flexibility index (Phi) is 3.78. The summed E-state index contributed by atoms with van der Waals surface area (Å²) in [5, 5.41) is 29.3. The Morgan fingerprint density at radius 2 is 1.78 bits per heavy atom. The first kappa shape index (κ1) is 15.8. The van der Waals surface area contributed by atoms with Gasteiger partial charge in [-0.1, -0.05) is 32.4 Å². The number of rotatable bonds is 2. The lowest BCUT2D eigenvalue weighted by molar-refractivity contribution is 0.275. The van der Waals surface area contributed by atoms with Gasteiger partial charge >= 0.3 is 0 Å². The minimum atomic E-state index is -0.255. The summed E-state index contributed by atoms with van der Waals surface area (Å²) in [5.74, 6) is -0.0214. The van der Waals surface area contributed by atoms with Crippen molar-refractivity contribution in [2.24, 2.45) is 0 Å². The third-order valence-corrected chi connectivity index (χ3v) is 4.00. The first-order valence-corrected chi connectivity index (χ1v) is 7.67. The third kappa shape index (κ3) is 2.90. The molecule has 120 valence electrons. The average molecular weight is 332 g/mol. The van der Waals surface area contributed by atoms with Crippen molar-refractivity contribution in [1.82, 2.24) is 15.0 Å². The van der Waals surface area contributed by atoms with E-state index in [1.54, 1.807) is 24.3 Å². The number of aromatic hydroxyl groups is 1. The van der Waals surface area contributed by atoms with Crippen molar-refractivity contribution in [2.45, 2.75) is 32.8 Å². The molecule has 0 radical (unpaired) electrons. The van der Waals surface area contributed by atoms with Gasteiger partial charge in [-0.15, -0.1) is 15.0 Å². The Hall–Kier alpha value is -2.11. The van der Waals surface area contributed by atoms with Gasteiger partial charge in [0.1, 0.15) is 22.5 Å². The molecule has 0 unspecified atom stereocenters. The van der Waals surface area contributed by atoms with Crippen LogP contribution in [0.5, 0.6) is 5.75 Å². The highest BCUT2D eigenvalue weighted by molar-refractivity contribution is 6.31. The molecule has 5 nitrogen and oxygen atoms in total. The molecule has 0 amide bonds. The van der Waals surface area contributed by atoms with E-state index in [0.29, 0.717) is 27.3 Å². The molecule has 0 aliphatic heterocycles. The number of fused-ring (bicyclic) bond motifs is 1. The van der Waals surface area contributed by atoms with E-state index < -0.39 is 0 Å². The van der Waals surface area contributed by atoms with Crippen molar-refractivity contribution in [1.29, 1.82) is 0 Å². The zero-order valence-electron chi connectivity index (χ0n) is 13.2. The lowest BCUT2D eigenvalue weighted by Gasteiger charge is -2.21. The van der Waals surface area contributed by atoms with Gasteiger partial charge in [0.15, 0.2) is 0 Å². The van der Waals surface area contributed by atoms with Gasteiger partial charge < -0.3 is 10.2 Å². The van der Waals surface area contributed by atoms with Crippen molar-refractivity contribution in [3.63, 3.8) is 0 Å². The lowest BCUT2D eigenvalue weighted by atomic mass is 9.85. The van der Waals surface area contributed by atoms with Crippen LogP contribution in [0.1, 0.15) is 31.9 Å². The Balaban J connectivity index is 2.24. The maximum atomic E-state index is 10.4. The van der Waals surface area contributed by atoms with E-state index >= 15 is 0 Å². The number of hydrogen-bond donors (Lipinski definition) is 2. The highest BCUT2D eigenvalue weighted by Crippen LogP contribution is 2.33. The van der Waals surface area contributed by atoms with Crippen LogP contribution < -0.4 is 0 Å². The molecular weight excluding hydrogens is 314 g/mol. The fourth-order valence-electron chi connectivity index (χ4n) is 2.38. The Morgan fingerprint density at radius 3 is 2.43 bits per heavy atom. The zero-order chi connectivity index (χ0) is 16.8. The highest BCUT2D eigenvalue weighted by Gasteiger charge is 2.20. The third-order valence-electron chi connectivity index (χ3n) is 3.76. The summed E-state index contributed by atoms with van der Waals surface area (Å²) >= 11 is 5.98. The number of hydrogen-bond acceptors (Lipinski definition) is 4. The maximum Gasteiger partial charge on any atom is 0.148 e. The number of benzene rings is 2.